The Bertz CT molecular complexity index is 1260. The summed E-state index contributed by atoms with van der Waals surface area (Å²) in [6, 6.07) is 16.5. The third kappa shape index (κ3) is 4.88. The van der Waals surface area contributed by atoms with Crippen LogP contribution in [-0.2, 0) is 14.8 Å². The molecule has 0 unspecified atom stereocenters. The molecule has 1 amide bonds. The zero-order valence-corrected chi connectivity index (χ0v) is 20.7. The molecule has 0 saturated carbocycles. The summed E-state index contributed by atoms with van der Waals surface area (Å²) in [5, 5.41) is 4.13. The first-order chi connectivity index (χ1) is 16.9. The molecule has 8 nitrogen and oxygen atoms in total. The topological polar surface area (TPSA) is 96.6 Å². The van der Waals surface area contributed by atoms with Crippen molar-refractivity contribution in [2.45, 2.75) is 49.3 Å². The minimum Gasteiger partial charge on any atom is -0.342 e. The average molecular weight is 495 g/mol. The number of hydrogen-bond acceptors (Lipinski definition) is 6. The summed E-state index contributed by atoms with van der Waals surface area (Å²) in [6.45, 7) is 4.42. The highest BCUT2D eigenvalue weighted by Gasteiger charge is 2.30. The van der Waals surface area contributed by atoms with Crippen molar-refractivity contribution in [3.05, 3.63) is 66.1 Å². The number of hydrogen-bond donors (Lipinski definition) is 0. The van der Waals surface area contributed by atoms with Crippen LogP contribution in [-0.4, -0.2) is 59.8 Å². The summed E-state index contributed by atoms with van der Waals surface area (Å²) in [5.41, 5.74) is 1.74. The van der Waals surface area contributed by atoms with E-state index in [2.05, 4.69) is 10.1 Å². The number of rotatable bonds is 6. The van der Waals surface area contributed by atoms with Crippen molar-refractivity contribution < 1.29 is 17.7 Å². The standard InChI is InChI=1S/C26H30N4O4S/c1-19(20-7-3-2-4-8-20)26(31)29-17-13-22(14-18-29)25-27-24(28-34-25)21-9-11-23(12-10-21)35(32,33)30-15-5-6-16-30/h2-4,7-12,19,22H,5-6,13-18H2,1H3/t19-/m0/s1. The Labute approximate surface area is 206 Å². The molecule has 2 aliphatic rings. The molecule has 3 aromatic rings. The van der Waals surface area contributed by atoms with Gasteiger partial charge in [-0.25, -0.2) is 8.42 Å². The predicted octanol–water partition coefficient (Wildman–Crippen LogP) is 4.03. The van der Waals surface area contributed by atoms with Crippen LogP contribution in [0.4, 0.5) is 0 Å². The molecule has 2 aromatic carbocycles. The van der Waals surface area contributed by atoms with Gasteiger partial charge in [0.2, 0.25) is 27.6 Å². The van der Waals surface area contributed by atoms with Crippen molar-refractivity contribution in [2.24, 2.45) is 0 Å². The summed E-state index contributed by atoms with van der Waals surface area (Å²) in [6.07, 6.45) is 3.34. The highest BCUT2D eigenvalue weighted by atomic mass is 32.2. The predicted molar refractivity (Wildman–Crippen MR) is 131 cm³/mol. The van der Waals surface area contributed by atoms with E-state index in [1.54, 1.807) is 24.3 Å². The van der Waals surface area contributed by atoms with Crippen LogP contribution in [0.3, 0.4) is 0 Å². The SMILES string of the molecule is C[C@H](C(=O)N1CCC(c2nc(-c3ccc(S(=O)(=O)N4CCCC4)cc3)no2)CC1)c1ccccc1. The average Bonchev–Trinajstić information content (AvgIpc) is 3.62. The maximum atomic E-state index is 12.9. The van der Waals surface area contributed by atoms with Crippen LogP contribution >= 0.6 is 0 Å². The summed E-state index contributed by atoms with van der Waals surface area (Å²) in [4.78, 5) is 19.7. The molecule has 2 saturated heterocycles. The Balaban J connectivity index is 1.21. The smallest absolute Gasteiger partial charge is 0.243 e. The van der Waals surface area contributed by atoms with Crippen molar-refractivity contribution in [3.8, 4) is 11.4 Å². The van der Waals surface area contributed by atoms with E-state index in [0.29, 0.717) is 43.5 Å². The Morgan fingerprint density at radius 3 is 2.29 bits per heavy atom. The van der Waals surface area contributed by atoms with Gasteiger partial charge in [-0.15, -0.1) is 0 Å². The van der Waals surface area contributed by atoms with E-state index in [1.165, 1.54) is 4.31 Å². The number of aromatic nitrogens is 2. The Morgan fingerprint density at radius 1 is 0.971 bits per heavy atom. The first kappa shape index (κ1) is 23.7. The first-order valence-corrected chi connectivity index (χ1v) is 13.7. The fourth-order valence-electron chi connectivity index (χ4n) is 4.88. The number of sulfonamides is 1. The van der Waals surface area contributed by atoms with Gasteiger partial charge in [-0.3, -0.25) is 4.79 Å². The fourth-order valence-corrected chi connectivity index (χ4v) is 6.39. The van der Waals surface area contributed by atoms with E-state index in [0.717, 1.165) is 31.2 Å². The number of carbonyl (C=O) groups is 1. The van der Waals surface area contributed by atoms with E-state index in [9.17, 15) is 13.2 Å². The quantitative estimate of drug-likeness (QED) is 0.513. The second-order valence-corrected chi connectivity index (χ2v) is 11.3. The van der Waals surface area contributed by atoms with Gasteiger partial charge in [-0.2, -0.15) is 9.29 Å². The molecule has 0 spiro atoms. The second kappa shape index (κ2) is 9.91. The van der Waals surface area contributed by atoms with E-state index in [4.69, 9.17) is 4.52 Å². The molecule has 9 heteroatoms. The highest BCUT2D eigenvalue weighted by molar-refractivity contribution is 7.89. The van der Waals surface area contributed by atoms with Crippen molar-refractivity contribution in [3.63, 3.8) is 0 Å². The summed E-state index contributed by atoms with van der Waals surface area (Å²) >= 11 is 0. The van der Waals surface area contributed by atoms with E-state index >= 15 is 0 Å². The molecule has 3 heterocycles. The van der Waals surface area contributed by atoms with Crippen molar-refractivity contribution in [2.75, 3.05) is 26.2 Å². The summed E-state index contributed by atoms with van der Waals surface area (Å²) in [5.74, 6) is 1.09. The molecule has 0 radical (unpaired) electrons. The Kier molecular flexibility index (Phi) is 6.71. The minimum absolute atomic E-state index is 0.0992. The van der Waals surface area contributed by atoms with Crippen molar-refractivity contribution >= 4 is 15.9 Å². The minimum atomic E-state index is -3.45. The van der Waals surface area contributed by atoms with Crippen molar-refractivity contribution in [1.29, 1.82) is 0 Å². The molecule has 0 bridgehead atoms. The lowest BCUT2D eigenvalue weighted by Crippen LogP contribution is -2.40. The molecule has 2 fully saturated rings. The monoisotopic (exact) mass is 494 g/mol. The number of carbonyl (C=O) groups excluding carboxylic acids is 1. The molecule has 0 N–H and O–H groups in total. The van der Waals surface area contributed by atoms with Gasteiger partial charge >= 0.3 is 0 Å². The lowest BCUT2D eigenvalue weighted by atomic mass is 9.94. The van der Waals surface area contributed by atoms with E-state index in [1.807, 2.05) is 42.2 Å². The molecular formula is C26H30N4O4S. The maximum Gasteiger partial charge on any atom is 0.243 e. The normalized spacial score (nSPS) is 18.6. The van der Waals surface area contributed by atoms with Gasteiger partial charge in [-0.05, 0) is 62.4 Å². The Hall–Kier alpha value is -3.04. The number of nitrogens with zero attached hydrogens (tertiary/aromatic N) is 4. The molecule has 2 aliphatic heterocycles. The second-order valence-electron chi connectivity index (χ2n) is 9.32. The lowest BCUT2D eigenvalue weighted by Gasteiger charge is -2.32. The lowest BCUT2D eigenvalue weighted by molar-refractivity contribution is -0.133. The number of benzene rings is 2. The van der Waals surface area contributed by atoms with Gasteiger partial charge < -0.3 is 9.42 Å². The van der Waals surface area contributed by atoms with Crippen LogP contribution in [0.15, 0.2) is 64.0 Å². The highest BCUT2D eigenvalue weighted by Crippen LogP contribution is 2.31. The molecule has 184 valence electrons. The molecule has 35 heavy (non-hydrogen) atoms. The third-order valence-corrected chi connectivity index (χ3v) is 9.00. The van der Waals surface area contributed by atoms with Crippen LogP contribution in [0.5, 0.6) is 0 Å². The van der Waals surface area contributed by atoms with Crippen LogP contribution < -0.4 is 0 Å². The zero-order chi connectivity index (χ0) is 24.4. The molecule has 0 aliphatic carbocycles. The van der Waals surface area contributed by atoms with Gasteiger partial charge in [0.1, 0.15) is 0 Å². The fraction of sp³-hybridized carbons (Fsp3) is 0.423. The van der Waals surface area contributed by atoms with Gasteiger partial charge in [0, 0.05) is 37.7 Å². The maximum absolute atomic E-state index is 12.9. The molecule has 1 aromatic heterocycles. The van der Waals surface area contributed by atoms with Gasteiger partial charge in [0.15, 0.2) is 0 Å². The van der Waals surface area contributed by atoms with Crippen LogP contribution in [0.1, 0.15) is 55.9 Å². The first-order valence-electron chi connectivity index (χ1n) is 12.2. The zero-order valence-electron chi connectivity index (χ0n) is 19.8. The number of amides is 1. The van der Waals surface area contributed by atoms with Crippen molar-refractivity contribution in [1.82, 2.24) is 19.3 Å². The number of piperidine rings is 1. The molecular weight excluding hydrogens is 464 g/mol. The Morgan fingerprint density at radius 2 is 1.63 bits per heavy atom. The van der Waals surface area contributed by atoms with E-state index in [-0.39, 0.29) is 22.6 Å². The van der Waals surface area contributed by atoms with Gasteiger partial charge in [0.25, 0.3) is 0 Å². The van der Waals surface area contributed by atoms with Crippen LogP contribution in [0.25, 0.3) is 11.4 Å². The molecule has 5 rings (SSSR count). The number of likely N-dealkylation sites (tertiary alicyclic amines) is 1. The van der Waals surface area contributed by atoms with Gasteiger partial charge in [-0.1, -0.05) is 35.5 Å². The summed E-state index contributed by atoms with van der Waals surface area (Å²) < 4.78 is 32.6. The van der Waals surface area contributed by atoms with E-state index < -0.39 is 10.0 Å². The largest absolute Gasteiger partial charge is 0.342 e. The summed E-state index contributed by atoms with van der Waals surface area (Å²) in [7, 11) is -3.45. The van der Waals surface area contributed by atoms with Crippen LogP contribution in [0, 0.1) is 0 Å². The third-order valence-electron chi connectivity index (χ3n) is 7.08. The van der Waals surface area contributed by atoms with Crippen LogP contribution in [0.2, 0.25) is 0 Å². The molecule has 1 atom stereocenters. The van der Waals surface area contributed by atoms with Gasteiger partial charge in [0.05, 0.1) is 10.8 Å².